The molecule has 0 radical (unpaired) electrons. The summed E-state index contributed by atoms with van der Waals surface area (Å²) in [5, 5.41) is 20.4. The molecule has 92 valence electrons. The number of rotatable bonds is 3. The molecule has 1 aromatic carbocycles. The fourth-order valence-corrected chi connectivity index (χ4v) is 1.63. The summed E-state index contributed by atoms with van der Waals surface area (Å²) in [6.45, 7) is 1.96. The minimum absolute atomic E-state index is 0.260. The van der Waals surface area contributed by atoms with Gasteiger partial charge in [-0.25, -0.2) is 5.01 Å². The number of para-hydroxylation sites is 1. The molecule has 0 saturated carbocycles. The van der Waals surface area contributed by atoms with Crippen molar-refractivity contribution in [2.75, 3.05) is 11.6 Å². The lowest BCUT2D eigenvalue weighted by atomic mass is 10.2. The van der Waals surface area contributed by atoms with Gasteiger partial charge in [-0.15, -0.1) is 0 Å². The second kappa shape index (κ2) is 4.42. The number of ether oxygens (including phenoxy) is 1. The van der Waals surface area contributed by atoms with Crippen LogP contribution >= 0.6 is 0 Å². The number of nitrogens with one attached hydrogen (secondary N) is 1. The average molecular weight is 238 g/mol. The van der Waals surface area contributed by atoms with E-state index < -0.39 is 17.9 Å². The van der Waals surface area contributed by atoms with E-state index in [-0.39, 0.29) is 6.61 Å². The minimum atomic E-state index is -2.55. The molecule has 6 nitrogen and oxygen atoms in total. The van der Waals surface area contributed by atoms with Crippen molar-refractivity contribution in [1.82, 2.24) is 5.43 Å². The molecule has 1 aromatic rings. The predicted octanol–water partition coefficient (Wildman–Crippen LogP) is -0.419. The van der Waals surface area contributed by atoms with Crippen LogP contribution in [0.3, 0.4) is 0 Å². The number of benzene rings is 1. The maximum Gasteiger partial charge on any atom is 0.305 e. The first-order valence-corrected chi connectivity index (χ1v) is 5.29. The number of hydrazine groups is 1. The second-order valence-corrected chi connectivity index (χ2v) is 3.67. The van der Waals surface area contributed by atoms with Gasteiger partial charge >= 0.3 is 5.91 Å². The number of hydrogen-bond donors (Lipinski definition) is 3. The summed E-state index contributed by atoms with van der Waals surface area (Å²) in [5.41, 5.74) is 3.13. The molecule has 1 heterocycles. The lowest BCUT2D eigenvalue weighted by Gasteiger charge is -2.18. The number of carbonyl (C=O) groups is 1. The predicted molar refractivity (Wildman–Crippen MR) is 59.6 cm³/mol. The van der Waals surface area contributed by atoms with Crippen LogP contribution in [0.25, 0.3) is 0 Å². The Labute approximate surface area is 98.4 Å². The molecule has 3 N–H and O–H groups in total. The van der Waals surface area contributed by atoms with Crippen molar-refractivity contribution in [2.24, 2.45) is 0 Å². The molecular weight excluding hydrogens is 224 g/mol. The summed E-state index contributed by atoms with van der Waals surface area (Å²) in [6.07, 6.45) is -1.17. The SMILES string of the molecule is CCOC1NN(c2ccccc2)C(=O)C1(O)O. The highest BCUT2D eigenvalue weighted by atomic mass is 16.6. The van der Waals surface area contributed by atoms with Crippen LogP contribution in [0.5, 0.6) is 0 Å². The third-order valence-electron chi connectivity index (χ3n) is 2.48. The van der Waals surface area contributed by atoms with Crippen molar-refractivity contribution < 1.29 is 19.7 Å². The summed E-state index contributed by atoms with van der Waals surface area (Å²) in [5.74, 6) is -3.41. The number of anilines is 1. The fourth-order valence-electron chi connectivity index (χ4n) is 1.63. The summed E-state index contributed by atoms with van der Waals surface area (Å²) in [4.78, 5) is 11.8. The standard InChI is InChI=1S/C11H14N2O4/c1-2-17-9-11(15,16)10(14)13(12-9)8-6-4-3-5-7-8/h3-7,9,12,15-16H,2H2,1H3. The van der Waals surface area contributed by atoms with Gasteiger partial charge in [0.05, 0.1) is 5.69 Å². The van der Waals surface area contributed by atoms with Gasteiger partial charge in [-0.2, -0.15) is 5.43 Å². The Kier molecular flexibility index (Phi) is 3.12. The highest BCUT2D eigenvalue weighted by molar-refractivity contribution is 5.99. The van der Waals surface area contributed by atoms with Crippen molar-refractivity contribution in [2.45, 2.75) is 18.9 Å². The molecule has 1 saturated heterocycles. The average Bonchev–Trinajstić information content (AvgIpc) is 2.55. The van der Waals surface area contributed by atoms with Gasteiger partial charge in [0, 0.05) is 6.61 Å². The van der Waals surface area contributed by atoms with Gasteiger partial charge in [0.2, 0.25) is 0 Å². The Morgan fingerprint density at radius 2 is 2.06 bits per heavy atom. The van der Waals surface area contributed by atoms with Crippen molar-refractivity contribution in [3.05, 3.63) is 30.3 Å². The van der Waals surface area contributed by atoms with Gasteiger partial charge in [0.15, 0.2) is 6.23 Å². The summed E-state index contributed by atoms with van der Waals surface area (Å²) >= 11 is 0. The molecular formula is C11H14N2O4. The molecule has 2 rings (SSSR count). The highest BCUT2D eigenvalue weighted by Crippen LogP contribution is 2.24. The monoisotopic (exact) mass is 238 g/mol. The number of aliphatic hydroxyl groups is 2. The zero-order valence-electron chi connectivity index (χ0n) is 9.33. The summed E-state index contributed by atoms with van der Waals surface area (Å²) in [6, 6.07) is 8.64. The molecule has 1 atom stereocenters. The van der Waals surface area contributed by atoms with E-state index >= 15 is 0 Å². The van der Waals surface area contributed by atoms with E-state index in [9.17, 15) is 15.0 Å². The third-order valence-corrected chi connectivity index (χ3v) is 2.48. The van der Waals surface area contributed by atoms with Crippen LogP contribution < -0.4 is 10.4 Å². The van der Waals surface area contributed by atoms with Gasteiger partial charge in [0.1, 0.15) is 0 Å². The van der Waals surface area contributed by atoms with E-state index in [1.54, 1.807) is 37.3 Å². The van der Waals surface area contributed by atoms with E-state index in [2.05, 4.69) is 5.43 Å². The molecule has 0 spiro atoms. The van der Waals surface area contributed by atoms with Gasteiger partial charge in [-0.3, -0.25) is 4.79 Å². The minimum Gasteiger partial charge on any atom is -0.356 e. The Morgan fingerprint density at radius 3 is 2.65 bits per heavy atom. The fraction of sp³-hybridized carbons (Fsp3) is 0.364. The summed E-state index contributed by atoms with van der Waals surface area (Å²) in [7, 11) is 0. The van der Waals surface area contributed by atoms with Crippen LogP contribution in [-0.4, -0.2) is 34.7 Å². The van der Waals surface area contributed by atoms with E-state index in [1.165, 1.54) is 0 Å². The van der Waals surface area contributed by atoms with E-state index in [4.69, 9.17) is 4.74 Å². The first-order valence-electron chi connectivity index (χ1n) is 5.29. The van der Waals surface area contributed by atoms with E-state index in [0.717, 1.165) is 5.01 Å². The topological polar surface area (TPSA) is 82.0 Å². The van der Waals surface area contributed by atoms with Crippen LogP contribution in [0.2, 0.25) is 0 Å². The number of nitrogens with zero attached hydrogens (tertiary/aromatic N) is 1. The quantitative estimate of drug-likeness (QED) is 0.623. The number of amides is 1. The van der Waals surface area contributed by atoms with Crippen molar-refractivity contribution >= 4 is 11.6 Å². The van der Waals surface area contributed by atoms with Crippen LogP contribution in [-0.2, 0) is 9.53 Å². The molecule has 6 heteroatoms. The Morgan fingerprint density at radius 1 is 1.41 bits per heavy atom. The zero-order chi connectivity index (χ0) is 12.5. The van der Waals surface area contributed by atoms with Crippen LogP contribution in [0.1, 0.15) is 6.92 Å². The Hall–Kier alpha value is -1.47. The van der Waals surface area contributed by atoms with Gasteiger partial charge in [-0.1, -0.05) is 18.2 Å². The maximum absolute atomic E-state index is 11.8. The first kappa shape index (κ1) is 12.0. The maximum atomic E-state index is 11.8. The third kappa shape index (κ3) is 2.03. The first-order chi connectivity index (χ1) is 8.07. The lowest BCUT2D eigenvalue weighted by molar-refractivity contribution is -0.219. The zero-order valence-corrected chi connectivity index (χ0v) is 9.33. The van der Waals surface area contributed by atoms with Gasteiger partial charge < -0.3 is 14.9 Å². The molecule has 17 heavy (non-hydrogen) atoms. The molecule has 1 unspecified atom stereocenters. The molecule has 1 aliphatic heterocycles. The lowest BCUT2D eigenvalue weighted by Crippen LogP contribution is -2.48. The summed E-state index contributed by atoms with van der Waals surface area (Å²) < 4.78 is 5.07. The van der Waals surface area contributed by atoms with Crippen LogP contribution in [0, 0.1) is 0 Å². The molecule has 0 aliphatic carbocycles. The smallest absolute Gasteiger partial charge is 0.305 e. The van der Waals surface area contributed by atoms with E-state index in [0.29, 0.717) is 5.69 Å². The second-order valence-electron chi connectivity index (χ2n) is 3.67. The van der Waals surface area contributed by atoms with Gasteiger partial charge in [0.25, 0.3) is 5.79 Å². The molecule has 1 fully saturated rings. The number of hydrogen-bond acceptors (Lipinski definition) is 5. The Balaban J connectivity index is 2.25. The van der Waals surface area contributed by atoms with Gasteiger partial charge in [-0.05, 0) is 19.1 Å². The van der Waals surface area contributed by atoms with Crippen molar-refractivity contribution in [3.63, 3.8) is 0 Å². The highest BCUT2D eigenvalue weighted by Gasteiger charge is 2.53. The van der Waals surface area contributed by atoms with Crippen LogP contribution in [0.15, 0.2) is 30.3 Å². The molecule has 0 bridgehead atoms. The Bertz CT molecular complexity index is 407. The van der Waals surface area contributed by atoms with E-state index in [1.807, 2.05) is 0 Å². The largest absolute Gasteiger partial charge is 0.356 e. The van der Waals surface area contributed by atoms with Crippen molar-refractivity contribution in [3.8, 4) is 0 Å². The van der Waals surface area contributed by atoms with Crippen LogP contribution in [0.4, 0.5) is 5.69 Å². The molecule has 1 amide bonds. The molecule has 0 aromatic heterocycles. The number of carbonyl (C=O) groups excluding carboxylic acids is 1. The normalized spacial score (nSPS) is 23.1. The van der Waals surface area contributed by atoms with Crippen molar-refractivity contribution in [1.29, 1.82) is 0 Å². The molecule has 1 aliphatic rings.